The number of rotatable bonds is 13. The zero-order valence-electron chi connectivity index (χ0n) is 26.6. The second kappa shape index (κ2) is 15.8. The summed E-state index contributed by atoms with van der Waals surface area (Å²) < 4.78 is 41.0. The standard InChI is InChI=1S/C36H37Cl2N3O6S/c1-3-25(2)39-36(43)32(21-26-11-6-4-7-12-26)40(23-29-30(37)15-10-16-31(29)38)35(42)24-41(48(44,45)28-13-8-5-9-14-28)27-17-18-33-34(22-27)47-20-19-46-33/h4-18,22,25,32H,3,19-21,23-24H2,1-2H3,(H,39,43)/t25-,32+/m1/s1. The van der Waals surface area contributed by atoms with Crippen LogP contribution in [-0.2, 0) is 32.6 Å². The highest BCUT2D eigenvalue weighted by atomic mass is 35.5. The third-order valence-corrected chi connectivity index (χ3v) is 10.6. The molecule has 48 heavy (non-hydrogen) atoms. The van der Waals surface area contributed by atoms with Crippen LogP contribution in [0.3, 0.4) is 0 Å². The molecule has 252 valence electrons. The van der Waals surface area contributed by atoms with Crippen LogP contribution in [-0.4, -0.2) is 57.0 Å². The molecule has 0 saturated carbocycles. The van der Waals surface area contributed by atoms with Crippen LogP contribution < -0.4 is 19.1 Å². The van der Waals surface area contributed by atoms with Crippen molar-refractivity contribution in [1.29, 1.82) is 0 Å². The van der Waals surface area contributed by atoms with E-state index in [2.05, 4.69) is 5.32 Å². The number of halogens is 2. The molecule has 0 saturated heterocycles. The van der Waals surface area contributed by atoms with Crippen molar-refractivity contribution in [2.24, 2.45) is 0 Å². The van der Waals surface area contributed by atoms with Crippen molar-refractivity contribution in [3.05, 3.63) is 118 Å². The van der Waals surface area contributed by atoms with Crippen molar-refractivity contribution in [3.8, 4) is 11.5 Å². The van der Waals surface area contributed by atoms with Crippen LogP contribution in [0.25, 0.3) is 0 Å². The number of carbonyl (C=O) groups excluding carboxylic acids is 2. The molecular weight excluding hydrogens is 673 g/mol. The van der Waals surface area contributed by atoms with Gasteiger partial charge in [0.05, 0.1) is 10.6 Å². The van der Waals surface area contributed by atoms with Gasteiger partial charge in [-0.3, -0.25) is 13.9 Å². The second-order valence-electron chi connectivity index (χ2n) is 11.4. The van der Waals surface area contributed by atoms with Crippen molar-refractivity contribution in [1.82, 2.24) is 10.2 Å². The number of fused-ring (bicyclic) bond motifs is 1. The Labute approximate surface area is 291 Å². The fourth-order valence-electron chi connectivity index (χ4n) is 5.28. The number of hydrogen-bond acceptors (Lipinski definition) is 6. The van der Waals surface area contributed by atoms with E-state index in [4.69, 9.17) is 32.7 Å². The van der Waals surface area contributed by atoms with Crippen LogP contribution >= 0.6 is 23.2 Å². The Balaban J connectivity index is 1.61. The summed E-state index contributed by atoms with van der Waals surface area (Å²) >= 11 is 13.2. The zero-order chi connectivity index (χ0) is 34.3. The van der Waals surface area contributed by atoms with Gasteiger partial charge in [0.2, 0.25) is 11.8 Å². The highest BCUT2D eigenvalue weighted by Crippen LogP contribution is 2.36. The smallest absolute Gasteiger partial charge is 0.264 e. The Morgan fingerprint density at radius 1 is 0.854 bits per heavy atom. The van der Waals surface area contributed by atoms with Gasteiger partial charge in [-0.2, -0.15) is 0 Å². The molecule has 0 aliphatic carbocycles. The summed E-state index contributed by atoms with van der Waals surface area (Å²) in [7, 11) is -4.29. The summed E-state index contributed by atoms with van der Waals surface area (Å²) in [6, 6.07) is 25.6. The number of hydrogen-bond donors (Lipinski definition) is 1. The summed E-state index contributed by atoms with van der Waals surface area (Å²) in [5, 5.41) is 3.63. The first-order valence-electron chi connectivity index (χ1n) is 15.6. The van der Waals surface area contributed by atoms with Crippen molar-refractivity contribution in [2.75, 3.05) is 24.1 Å². The van der Waals surface area contributed by atoms with Crippen LogP contribution in [0.5, 0.6) is 11.5 Å². The van der Waals surface area contributed by atoms with Gasteiger partial charge in [0, 0.05) is 40.7 Å². The van der Waals surface area contributed by atoms with Gasteiger partial charge in [0.1, 0.15) is 25.8 Å². The Bertz CT molecular complexity index is 1820. The number of sulfonamides is 1. The SMILES string of the molecule is CC[C@@H](C)NC(=O)[C@H](Cc1ccccc1)N(Cc1c(Cl)cccc1Cl)C(=O)CN(c1ccc2c(c1)OCCO2)S(=O)(=O)c1ccccc1. The molecule has 1 aliphatic heterocycles. The number of amides is 2. The lowest BCUT2D eigenvalue weighted by Gasteiger charge is -2.35. The lowest BCUT2D eigenvalue weighted by molar-refractivity contribution is -0.140. The van der Waals surface area contributed by atoms with E-state index in [1.165, 1.54) is 23.1 Å². The average molecular weight is 711 g/mol. The summed E-state index contributed by atoms with van der Waals surface area (Å²) in [6.45, 7) is 3.69. The minimum atomic E-state index is -4.29. The molecule has 12 heteroatoms. The summed E-state index contributed by atoms with van der Waals surface area (Å²) in [5.74, 6) is -0.204. The van der Waals surface area contributed by atoms with Crippen molar-refractivity contribution >= 4 is 50.7 Å². The van der Waals surface area contributed by atoms with Gasteiger partial charge < -0.3 is 19.7 Å². The van der Waals surface area contributed by atoms with Crippen molar-refractivity contribution < 1.29 is 27.5 Å². The Kier molecular flexibility index (Phi) is 11.5. The number of nitrogens with zero attached hydrogens (tertiary/aromatic N) is 2. The van der Waals surface area contributed by atoms with E-state index in [1.54, 1.807) is 48.5 Å². The molecule has 1 heterocycles. The average Bonchev–Trinajstić information content (AvgIpc) is 3.10. The third-order valence-electron chi connectivity index (χ3n) is 8.09. The first kappa shape index (κ1) is 35.1. The van der Waals surface area contributed by atoms with Gasteiger partial charge in [0.25, 0.3) is 10.0 Å². The lowest BCUT2D eigenvalue weighted by Crippen LogP contribution is -2.54. The molecule has 9 nitrogen and oxygen atoms in total. The minimum absolute atomic E-state index is 0.0104. The maximum Gasteiger partial charge on any atom is 0.264 e. The monoisotopic (exact) mass is 709 g/mol. The van der Waals surface area contributed by atoms with Crippen molar-refractivity contribution in [3.63, 3.8) is 0 Å². The third kappa shape index (κ3) is 8.24. The van der Waals surface area contributed by atoms with Crippen molar-refractivity contribution in [2.45, 2.75) is 50.2 Å². The molecule has 2 amide bonds. The van der Waals surface area contributed by atoms with E-state index >= 15 is 0 Å². The van der Waals surface area contributed by atoms with Crippen LogP contribution in [0.15, 0.2) is 102 Å². The number of carbonyl (C=O) groups is 2. The van der Waals surface area contributed by atoms with Gasteiger partial charge in [-0.15, -0.1) is 0 Å². The number of ether oxygens (including phenoxy) is 2. The van der Waals surface area contributed by atoms with Gasteiger partial charge in [-0.25, -0.2) is 8.42 Å². The predicted molar refractivity (Wildman–Crippen MR) is 187 cm³/mol. The highest BCUT2D eigenvalue weighted by Gasteiger charge is 2.36. The molecule has 4 aromatic rings. The van der Waals surface area contributed by atoms with Crippen LogP contribution in [0, 0.1) is 0 Å². The van der Waals surface area contributed by atoms with Gasteiger partial charge >= 0.3 is 0 Å². The maximum absolute atomic E-state index is 14.7. The van der Waals surface area contributed by atoms with E-state index in [-0.39, 0.29) is 35.5 Å². The number of anilines is 1. The van der Waals surface area contributed by atoms with Crippen LogP contribution in [0.2, 0.25) is 10.0 Å². The molecule has 0 spiro atoms. The normalized spacial score (nSPS) is 13.7. The molecule has 0 unspecified atom stereocenters. The fourth-order valence-corrected chi connectivity index (χ4v) is 7.23. The quantitative estimate of drug-likeness (QED) is 0.170. The van der Waals surface area contributed by atoms with E-state index in [1.807, 2.05) is 44.2 Å². The molecular formula is C36H37Cl2N3O6S. The largest absolute Gasteiger partial charge is 0.486 e. The molecule has 0 aromatic heterocycles. The molecule has 1 N–H and O–H groups in total. The molecule has 0 fully saturated rings. The number of benzene rings is 4. The predicted octanol–water partition coefficient (Wildman–Crippen LogP) is 6.51. The lowest BCUT2D eigenvalue weighted by atomic mass is 10.0. The molecule has 0 radical (unpaired) electrons. The first-order chi connectivity index (χ1) is 23.1. The first-order valence-corrected chi connectivity index (χ1v) is 17.8. The Morgan fingerprint density at radius 2 is 1.48 bits per heavy atom. The molecule has 5 rings (SSSR count). The summed E-state index contributed by atoms with van der Waals surface area (Å²) in [4.78, 5) is 30.1. The van der Waals surface area contributed by atoms with Gasteiger partial charge in [-0.05, 0) is 55.3 Å². The van der Waals surface area contributed by atoms with E-state index < -0.39 is 28.5 Å². The molecule has 2 atom stereocenters. The zero-order valence-corrected chi connectivity index (χ0v) is 29.0. The molecule has 1 aliphatic rings. The summed E-state index contributed by atoms with van der Waals surface area (Å²) in [6.07, 6.45) is 0.827. The molecule has 0 bridgehead atoms. The number of nitrogens with one attached hydrogen (secondary N) is 1. The van der Waals surface area contributed by atoms with E-state index in [0.29, 0.717) is 46.7 Å². The fraction of sp³-hybridized carbons (Fsp3) is 0.278. The highest BCUT2D eigenvalue weighted by molar-refractivity contribution is 7.92. The van der Waals surface area contributed by atoms with Crippen LogP contribution in [0.4, 0.5) is 5.69 Å². The van der Waals surface area contributed by atoms with Crippen LogP contribution in [0.1, 0.15) is 31.4 Å². The Morgan fingerprint density at radius 3 is 2.12 bits per heavy atom. The Hall–Kier alpha value is -4.25. The van der Waals surface area contributed by atoms with Gasteiger partial charge in [-0.1, -0.05) is 84.7 Å². The van der Waals surface area contributed by atoms with E-state index in [0.717, 1.165) is 9.87 Å². The minimum Gasteiger partial charge on any atom is -0.486 e. The topological polar surface area (TPSA) is 105 Å². The maximum atomic E-state index is 14.7. The molecule has 4 aromatic carbocycles. The van der Waals surface area contributed by atoms with E-state index in [9.17, 15) is 18.0 Å². The summed E-state index contributed by atoms with van der Waals surface area (Å²) in [5.41, 5.74) is 1.43. The van der Waals surface area contributed by atoms with Gasteiger partial charge in [0.15, 0.2) is 11.5 Å². The second-order valence-corrected chi connectivity index (χ2v) is 14.1.